The summed E-state index contributed by atoms with van der Waals surface area (Å²) in [6.07, 6.45) is 0.464. The fourth-order valence-corrected chi connectivity index (χ4v) is 3.58. The minimum atomic E-state index is 0.106. The first-order chi connectivity index (χ1) is 9.20. The molecule has 0 N–H and O–H groups in total. The molecule has 0 bridgehead atoms. The van der Waals surface area contributed by atoms with Crippen LogP contribution in [-0.4, -0.2) is 24.3 Å². The molecule has 0 amide bonds. The van der Waals surface area contributed by atoms with Gasteiger partial charge in [0.1, 0.15) is 0 Å². The molecule has 0 aliphatic carbocycles. The van der Waals surface area contributed by atoms with Crippen molar-refractivity contribution in [2.45, 2.75) is 16.0 Å². The molecule has 0 aliphatic rings. The standard InChI is InChI=1S/C13H14N4S2/c1-17(2)12-15-16-13(19-12)18-11(8-9-14)10-6-4-3-5-7-10/h3-7,11H,8H2,1-2H3. The van der Waals surface area contributed by atoms with Crippen LogP contribution in [-0.2, 0) is 0 Å². The van der Waals surface area contributed by atoms with Crippen molar-refractivity contribution >= 4 is 28.2 Å². The summed E-state index contributed by atoms with van der Waals surface area (Å²) in [6.45, 7) is 0. The second kappa shape index (κ2) is 6.55. The molecule has 0 saturated carbocycles. The quantitative estimate of drug-likeness (QED) is 0.790. The first-order valence-electron chi connectivity index (χ1n) is 5.80. The Bertz CT molecular complexity index is 560. The topological polar surface area (TPSA) is 52.8 Å². The maximum absolute atomic E-state index is 8.97. The van der Waals surface area contributed by atoms with Gasteiger partial charge in [-0.2, -0.15) is 5.26 Å². The lowest BCUT2D eigenvalue weighted by atomic mass is 10.1. The van der Waals surface area contributed by atoms with Gasteiger partial charge in [-0.05, 0) is 5.56 Å². The van der Waals surface area contributed by atoms with Crippen molar-refractivity contribution in [1.82, 2.24) is 10.2 Å². The highest BCUT2D eigenvalue weighted by Gasteiger charge is 2.16. The highest BCUT2D eigenvalue weighted by atomic mass is 32.2. The van der Waals surface area contributed by atoms with Crippen LogP contribution in [0.3, 0.4) is 0 Å². The Balaban J connectivity index is 2.15. The summed E-state index contributed by atoms with van der Waals surface area (Å²) in [7, 11) is 3.89. The van der Waals surface area contributed by atoms with Gasteiger partial charge in [0.05, 0.1) is 12.5 Å². The molecule has 6 heteroatoms. The zero-order valence-electron chi connectivity index (χ0n) is 10.8. The average molecular weight is 290 g/mol. The third-order valence-electron chi connectivity index (χ3n) is 2.47. The second-order valence-corrected chi connectivity index (χ2v) is 6.53. The molecular formula is C13H14N4S2. The maximum atomic E-state index is 8.97. The molecule has 0 aliphatic heterocycles. The van der Waals surface area contributed by atoms with E-state index >= 15 is 0 Å². The van der Waals surface area contributed by atoms with E-state index < -0.39 is 0 Å². The highest BCUT2D eigenvalue weighted by molar-refractivity contribution is 8.01. The number of aromatic nitrogens is 2. The Labute approximate surface area is 121 Å². The number of nitrogens with zero attached hydrogens (tertiary/aromatic N) is 4. The molecule has 4 nitrogen and oxygen atoms in total. The lowest BCUT2D eigenvalue weighted by molar-refractivity contribution is 0.948. The monoisotopic (exact) mass is 290 g/mol. The van der Waals surface area contributed by atoms with Crippen LogP contribution in [0, 0.1) is 11.3 Å². The molecule has 2 aromatic rings. The van der Waals surface area contributed by atoms with Gasteiger partial charge in [-0.15, -0.1) is 10.2 Å². The summed E-state index contributed by atoms with van der Waals surface area (Å²) in [4.78, 5) is 1.93. The van der Waals surface area contributed by atoms with Crippen LogP contribution >= 0.6 is 23.1 Å². The molecule has 0 fully saturated rings. The van der Waals surface area contributed by atoms with Crippen molar-refractivity contribution in [2.75, 3.05) is 19.0 Å². The van der Waals surface area contributed by atoms with Crippen molar-refractivity contribution in [1.29, 1.82) is 5.26 Å². The third-order valence-corrected chi connectivity index (χ3v) is 4.90. The fourth-order valence-electron chi connectivity index (χ4n) is 1.53. The van der Waals surface area contributed by atoms with Crippen molar-refractivity contribution in [3.05, 3.63) is 35.9 Å². The van der Waals surface area contributed by atoms with E-state index in [2.05, 4.69) is 16.3 Å². The van der Waals surface area contributed by atoms with Gasteiger partial charge in [0.25, 0.3) is 0 Å². The van der Waals surface area contributed by atoms with E-state index in [1.54, 1.807) is 23.1 Å². The van der Waals surface area contributed by atoms with E-state index in [1.165, 1.54) is 0 Å². The van der Waals surface area contributed by atoms with Gasteiger partial charge in [-0.3, -0.25) is 0 Å². The number of rotatable bonds is 5. The summed E-state index contributed by atoms with van der Waals surface area (Å²) >= 11 is 3.15. The molecule has 98 valence electrons. The minimum Gasteiger partial charge on any atom is -0.353 e. The van der Waals surface area contributed by atoms with Crippen LogP contribution in [0.15, 0.2) is 34.7 Å². The fraction of sp³-hybridized carbons (Fsp3) is 0.308. The van der Waals surface area contributed by atoms with E-state index in [0.717, 1.165) is 15.0 Å². The number of thioether (sulfide) groups is 1. The van der Waals surface area contributed by atoms with Crippen molar-refractivity contribution in [2.24, 2.45) is 0 Å². The molecule has 1 heterocycles. The summed E-state index contributed by atoms with van der Waals surface area (Å²) in [6, 6.07) is 12.3. The Morgan fingerprint density at radius 1 is 1.32 bits per heavy atom. The SMILES string of the molecule is CN(C)c1nnc(SC(CC#N)c2ccccc2)s1. The van der Waals surface area contributed by atoms with Crippen molar-refractivity contribution in [3.63, 3.8) is 0 Å². The highest BCUT2D eigenvalue weighted by Crippen LogP contribution is 2.39. The molecule has 0 spiro atoms. The predicted octanol–water partition coefficient (Wildman–Crippen LogP) is 3.35. The van der Waals surface area contributed by atoms with E-state index in [9.17, 15) is 0 Å². The molecule has 0 radical (unpaired) electrons. The molecule has 1 atom stereocenters. The van der Waals surface area contributed by atoms with Gasteiger partial charge in [0, 0.05) is 19.3 Å². The van der Waals surface area contributed by atoms with Gasteiger partial charge in [0.2, 0.25) is 5.13 Å². The number of nitriles is 1. The first kappa shape index (κ1) is 13.8. The number of benzene rings is 1. The molecule has 1 aromatic heterocycles. The molecular weight excluding hydrogens is 276 g/mol. The van der Waals surface area contributed by atoms with Crippen LogP contribution < -0.4 is 4.90 Å². The van der Waals surface area contributed by atoms with Crippen molar-refractivity contribution in [3.8, 4) is 6.07 Å². The lowest BCUT2D eigenvalue weighted by Gasteiger charge is -2.11. The largest absolute Gasteiger partial charge is 0.353 e. The second-order valence-electron chi connectivity index (χ2n) is 4.12. The van der Waals surface area contributed by atoms with Crippen LogP contribution in [0.5, 0.6) is 0 Å². The smallest absolute Gasteiger partial charge is 0.208 e. The average Bonchev–Trinajstić information content (AvgIpc) is 2.88. The Hall–Kier alpha value is -1.58. The molecule has 1 unspecified atom stereocenters. The summed E-state index contributed by atoms with van der Waals surface area (Å²) in [5, 5.41) is 18.2. The van der Waals surface area contributed by atoms with Crippen LogP contribution in [0.25, 0.3) is 0 Å². The zero-order chi connectivity index (χ0) is 13.7. The molecule has 19 heavy (non-hydrogen) atoms. The zero-order valence-corrected chi connectivity index (χ0v) is 12.4. The van der Waals surface area contributed by atoms with E-state index in [1.807, 2.05) is 49.3 Å². The van der Waals surface area contributed by atoms with E-state index in [0.29, 0.717) is 6.42 Å². The van der Waals surface area contributed by atoms with Crippen LogP contribution in [0.2, 0.25) is 0 Å². The summed E-state index contributed by atoms with van der Waals surface area (Å²) in [5.41, 5.74) is 1.15. The minimum absolute atomic E-state index is 0.106. The third kappa shape index (κ3) is 3.69. The summed E-state index contributed by atoms with van der Waals surface area (Å²) in [5.74, 6) is 0. The number of hydrogen-bond acceptors (Lipinski definition) is 6. The van der Waals surface area contributed by atoms with Gasteiger partial charge < -0.3 is 4.90 Å². The first-order valence-corrected chi connectivity index (χ1v) is 7.49. The van der Waals surface area contributed by atoms with E-state index in [4.69, 9.17) is 5.26 Å². The molecule has 1 aromatic carbocycles. The van der Waals surface area contributed by atoms with Gasteiger partial charge in [-0.25, -0.2) is 0 Å². The Morgan fingerprint density at radius 3 is 2.63 bits per heavy atom. The van der Waals surface area contributed by atoms with Gasteiger partial charge in [-0.1, -0.05) is 53.4 Å². The lowest BCUT2D eigenvalue weighted by Crippen LogP contribution is -2.07. The Morgan fingerprint density at radius 2 is 2.05 bits per heavy atom. The van der Waals surface area contributed by atoms with Crippen LogP contribution in [0.4, 0.5) is 5.13 Å². The normalized spacial score (nSPS) is 11.8. The Kier molecular flexibility index (Phi) is 4.77. The van der Waals surface area contributed by atoms with Crippen LogP contribution in [0.1, 0.15) is 17.2 Å². The number of anilines is 1. The summed E-state index contributed by atoms with van der Waals surface area (Å²) < 4.78 is 0.896. The van der Waals surface area contributed by atoms with E-state index in [-0.39, 0.29) is 5.25 Å². The van der Waals surface area contributed by atoms with Gasteiger partial charge in [0.15, 0.2) is 4.34 Å². The molecule has 2 rings (SSSR count). The van der Waals surface area contributed by atoms with Crippen molar-refractivity contribution < 1.29 is 0 Å². The molecule has 0 saturated heterocycles. The maximum Gasteiger partial charge on any atom is 0.208 e. The number of hydrogen-bond donors (Lipinski definition) is 0. The van der Waals surface area contributed by atoms with Gasteiger partial charge >= 0.3 is 0 Å². The predicted molar refractivity (Wildman–Crippen MR) is 79.5 cm³/mol.